The van der Waals surface area contributed by atoms with E-state index in [1.807, 2.05) is 24.4 Å². The molecule has 1 N–H and O–H groups in total. The van der Waals surface area contributed by atoms with Crippen LogP contribution in [0.15, 0.2) is 5.38 Å². The Morgan fingerprint density at radius 3 is 3.00 bits per heavy atom. The number of aromatic nitrogens is 1. The van der Waals surface area contributed by atoms with Crippen LogP contribution in [-0.4, -0.2) is 60.3 Å². The predicted molar refractivity (Wildman–Crippen MR) is 91.2 cm³/mol. The quantitative estimate of drug-likeness (QED) is 0.771. The molecule has 0 spiro atoms. The van der Waals surface area contributed by atoms with Crippen LogP contribution in [-0.2, 0) is 22.6 Å². The van der Waals surface area contributed by atoms with Crippen molar-refractivity contribution in [2.45, 2.75) is 32.7 Å². The fourth-order valence-electron chi connectivity index (χ4n) is 2.57. The number of rotatable bonds is 8. The maximum absolute atomic E-state index is 12.3. The number of nitrogens with one attached hydrogen (secondary N) is 1. The largest absolute Gasteiger partial charge is 0.350 e. The second-order valence-corrected chi connectivity index (χ2v) is 7.19. The molecule has 0 aliphatic carbocycles. The third kappa shape index (κ3) is 5.28. The highest BCUT2D eigenvalue weighted by molar-refractivity contribution is 7.09. The Morgan fingerprint density at radius 1 is 1.52 bits per heavy atom. The number of carbonyl (C=O) groups is 2. The first-order valence-electron chi connectivity index (χ1n) is 8.13. The van der Waals surface area contributed by atoms with Crippen molar-refractivity contribution in [2.75, 3.05) is 33.7 Å². The molecule has 2 amide bonds. The number of carbonyl (C=O) groups excluding carboxylic acids is 2. The summed E-state index contributed by atoms with van der Waals surface area (Å²) in [5, 5.41) is 6.03. The zero-order valence-electron chi connectivity index (χ0n) is 14.2. The van der Waals surface area contributed by atoms with E-state index in [-0.39, 0.29) is 17.7 Å². The average Bonchev–Trinajstić information content (AvgIpc) is 3.10. The van der Waals surface area contributed by atoms with Crippen molar-refractivity contribution < 1.29 is 9.59 Å². The highest BCUT2D eigenvalue weighted by Crippen LogP contribution is 2.18. The van der Waals surface area contributed by atoms with Gasteiger partial charge in [0.2, 0.25) is 11.8 Å². The number of nitrogens with zero attached hydrogens (tertiary/aromatic N) is 3. The molecule has 0 saturated carbocycles. The molecule has 1 aliphatic rings. The van der Waals surface area contributed by atoms with E-state index in [1.54, 1.807) is 16.2 Å². The second-order valence-electron chi connectivity index (χ2n) is 6.24. The Bertz CT molecular complexity index is 544. The first-order chi connectivity index (χ1) is 11.0. The molecule has 1 aromatic heterocycles. The Labute approximate surface area is 141 Å². The van der Waals surface area contributed by atoms with Crippen molar-refractivity contribution in [1.82, 2.24) is 20.1 Å². The summed E-state index contributed by atoms with van der Waals surface area (Å²) in [5.41, 5.74) is 0.903. The number of aryl methyl sites for hydroxylation is 1. The number of hydrogen-bond acceptors (Lipinski definition) is 5. The summed E-state index contributed by atoms with van der Waals surface area (Å²) in [6.07, 6.45) is 2.38. The van der Waals surface area contributed by atoms with E-state index in [9.17, 15) is 9.59 Å². The van der Waals surface area contributed by atoms with Gasteiger partial charge in [-0.05, 0) is 26.9 Å². The van der Waals surface area contributed by atoms with Crippen LogP contribution >= 0.6 is 11.3 Å². The summed E-state index contributed by atoms with van der Waals surface area (Å²) < 4.78 is 0. The minimum atomic E-state index is -0.238. The highest BCUT2D eigenvalue weighted by atomic mass is 32.1. The van der Waals surface area contributed by atoms with Gasteiger partial charge < -0.3 is 15.1 Å². The summed E-state index contributed by atoms with van der Waals surface area (Å²) in [4.78, 5) is 32.5. The van der Waals surface area contributed by atoms with Gasteiger partial charge in [0.1, 0.15) is 0 Å². The zero-order valence-corrected chi connectivity index (χ0v) is 15.0. The number of amides is 2. The van der Waals surface area contributed by atoms with E-state index in [0.29, 0.717) is 26.1 Å². The molecule has 128 valence electrons. The topological polar surface area (TPSA) is 65.5 Å². The third-order valence-electron chi connectivity index (χ3n) is 3.91. The highest BCUT2D eigenvalue weighted by Gasteiger charge is 2.33. The third-order valence-corrected chi connectivity index (χ3v) is 4.87. The molecule has 1 saturated heterocycles. The molecule has 2 rings (SSSR count). The molecule has 1 aromatic rings. The monoisotopic (exact) mass is 338 g/mol. The van der Waals surface area contributed by atoms with Crippen LogP contribution in [0.4, 0.5) is 0 Å². The van der Waals surface area contributed by atoms with Gasteiger partial charge in [-0.3, -0.25) is 9.59 Å². The van der Waals surface area contributed by atoms with Crippen LogP contribution < -0.4 is 5.32 Å². The van der Waals surface area contributed by atoms with E-state index in [0.717, 1.165) is 30.1 Å². The van der Waals surface area contributed by atoms with E-state index in [1.165, 1.54) is 0 Å². The van der Waals surface area contributed by atoms with E-state index < -0.39 is 0 Å². The number of thiazole rings is 1. The predicted octanol–water partition coefficient (Wildman–Crippen LogP) is 1.12. The van der Waals surface area contributed by atoms with Crippen molar-refractivity contribution in [3.8, 4) is 0 Å². The lowest BCUT2D eigenvalue weighted by Crippen LogP contribution is -2.35. The van der Waals surface area contributed by atoms with Gasteiger partial charge >= 0.3 is 0 Å². The molecular formula is C16H26N4O2S. The van der Waals surface area contributed by atoms with E-state index in [2.05, 4.69) is 17.2 Å². The van der Waals surface area contributed by atoms with Crippen molar-refractivity contribution in [3.05, 3.63) is 16.1 Å². The normalized spacial score (nSPS) is 18.0. The lowest BCUT2D eigenvalue weighted by atomic mass is 10.1. The van der Waals surface area contributed by atoms with Crippen LogP contribution in [0.3, 0.4) is 0 Å². The van der Waals surface area contributed by atoms with Crippen molar-refractivity contribution in [3.63, 3.8) is 0 Å². The second kappa shape index (κ2) is 8.40. The van der Waals surface area contributed by atoms with E-state index >= 15 is 0 Å². The fourth-order valence-corrected chi connectivity index (χ4v) is 3.47. The Hall–Kier alpha value is -1.47. The van der Waals surface area contributed by atoms with Crippen LogP contribution in [0.5, 0.6) is 0 Å². The molecule has 23 heavy (non-hydrogen) atoms. The van der Waals surface area contributed by atoms with Gasteiger partial charge in [0.25, 0.3) is 0 Å². The Kier molecular flexibility index (Phi) is 6.53. The lowest BCUT2D eigenvalue weighted by molar-refractivity contribution is -0.129. The molecule has 1 fully saturated rings. The van der Waals surface area contributed by atoms with Gasteiger partial charge in [0.15, 0.2) is 0 Å². The maximum atomic E-state index is 12.3. The summed E-state index contributed by atoms with van der Waals surface area (Å²) in [5.74, 6) is -0.208. The fraction of sp³-hybridized carbons (Fsp3) is 0.688. The number of likely N-dealkylation sites (tertiary alicyclic amines) is 1. The minimum absolute atomic E-state index is 0.0456. The standard InChI is InChI=1S/C16H26N4O2S/c1-4-5-14-18-13(11-23-14)9-17-16(22)12-8-15(21)20(10-12)7-6-19(2)3/h11-12H,4-10H2,1-3H3,(H,17,22). The van der Waals surface area contributed by atoms with Crippen molar-refractivity contribution in [1.29, 1.82) is 0 Å². The first-order valence-corrected chi connectivity index (χ1v) is 9.01. The van der Waals surface area contributed by atoms with Crippen LogP contribution in [0.1, 0.15) is 30.5 Å². The number of hydrogen-bond donors (Lipinski definition) is 1. The van der Waals surface area contributed by atoms with Crippen molar-refractivity contribution >= 4 is 23.2 Å². The molecule has 0 aromatic carbocycles. The molecular weight excluding hydrogens is 312 g/mol. The summed E-state index contributed by atoms with van der Waals surface area (Å²) in [7, 11) is 3.96. The van der Waals surface area contributed by atoms with Crippen molar-refractivity contribution in [2.24, 2.45) is 5.92 Å². The van der Waals surface area contributed by atoms with E-state index in [4.69, 9.17) is 0 Å². The Balaban J connectivity index is 1.78. The van der Waals surface area contributed by atoms with Crippen LogP contribution in [0, 0.1) is 5.92 Å². The smallest absolute Gasteiger partial charge is 0.225 e. The van der Waals surface area contributed by atoms with Gasteiger partial charge in [0, 0.05) is 31.4 Å². The molecule has 0 bridgehead atoms. The molecule has 2 heterocycles. The van der Waals surface area contributed by atoms with Gasteiger partial charge in [-0.25, -0.2) is 4.98 Å². The van der Waals surface area contributed by atoms with Gasteiger partial charge in [-0.15, -0.1) is 11.3 Å². The van der Waals surface area contributed by atoms with Crippen LogP contribution in [0.25, 0.3) is 0 Å². The molecule has 1 atom stereocenters. The zero-order chi connectivity index (χ0) is 16.8. The molecule has 6 nitrogen and oxygen atoms in total. The molecule has 7 heteroatoms. The van der Waals surface area contributed by atoms with Gasteiger partial charge in [-0.2, -0.15) is 0 Å². The molecule has 1 aliphatic heterocycles. The Morgan fingerprint density at radius 2 is 2.30 bits per heavy atom. The lowest BCUT2D eigenvalue weighted by Gasteiger charge is -2.19. The summed E-state index contributed by atoms with van der Waals surface area (Å²) >= 11 is 1.64. The van der Waals surface area contributed by atoms with Crippen LogP contribution in [0.2, 0.25) is 0 Å². The first kappa shape index (κ1) is 17.9. The summed E-state index contributed by atoms with van der Waals surface area (Å²) in [6.45, 7) is 4.60. The summed E-state index contributed by atoms with van der Waals surface area (Å²) in [6, 6.07) is 0. The van der Waals surface area contributed by atoms with Gasteiger partial charge in [-0.1, -0.05) is 6.92 Å². The number of likely N-dealkylation sites (N-methyl/N-ethyl adjacent to an activating group) is 1. The molecule has 0 radical (unpaired) electrons. The average molecular weight is 338 g/mol. The minimum Gasteiger partial charge on any atom is -0.350 e. The van der Waals surface area contributed by atoms with Gasteiger partial charge in [0.05, 0.1) is 23.2 Å². The SMILES string of the molecule is CCCc1nc(CNC(=O)C2CC(=O)N(CCN(C)C)C2)cs1. The maximum Gasteiger partial charge on any atom is 0.225 e. The molecule has 1 unspecified atom stereocenters.